The van der Waals surface area contributed by atoms with Crippen molar-refractivity contribution in [3.63, 3.8) is 0 Å². The highest BCUT2D eigenvalue weighted by atomic mass is 19.1. The topological polar surface area (TPSA) is 63.1 Å². The first-order chi connectivity index (χ1) is 13.3. The number of nitrogens with zero attached hydrogens (tertiary/aromatic N) is 1. The molecular weight excluding hydrogens is 357 g/mol. The van der Waals surface area contributed by atoms with Crippen molar-refractivity contribution in [1.82, 2.24) is 4.57 Å². The predicted molar refractivity (Wildman–Crippen MR) is 108 cm³/mol. The van der Waals surface area contributed by atoms with Gasteiger partial charge in [0.1, 0.15) is 5.82 Å². The Morgan fingerprint density at radius 1 is 1.00 bits per heavy atom. The number of hydrogen-bond donors (Lipinski definition) is 2. The molecule has 2 aromatic carbocycles. The van der Waals surface area contributed by atoms with Gasteiger partial charge in [-0.05, 0) is 43.7 Å². The summed E-state index contributed by atoms with van der Waals surface area (Å²) in [5.41, 5.74) is 3.96. The quantitative estimate of drug-likeness (QED) is 0.685. The number of carbonyl (C=O) groups is 2. The molecule has 1 aromatic heterocycles. The van der Waals surface area contributed by atoms with E-state index >= 15 is 0 Å². The van der Waals surface area contributed by atoms with Crippen molar-refractivity contribution in [1.29, 1.82) is 0 Å². The molecule has 0 spiro atoms. The van der Waals surface area contributed by atoms with Crippen LogP contribution in [-0.4, -0.2) is 16.4 Å². The molecule has 0 saturated carbocycles. The molecule has 6 heteroatoms. The van der Waals surface area contributed by atoms with E-state index in [1.54, 1.807) is 0 Å². The molecule has 0 aliphatic rings. The molecule has 0 aliphatic heterocycles. The van der Waals surface area contributed by atoms with Gasteiger partial charge < -0.3 is 15.2 Å². The summed E-state index contributed by atoms with van der Waals surface area (Å²) >= 11 is 0. The third kappa shape index (κ3) is 4.28. The van der Waals surface area contributed by atoms with Crippen LogP contribution in [-0.2, 0) is 11.3 Å². The first-order valence-corrected chi connectivity index (χ1v) is 8.94. The zero-order chi connectivity index (χ0) is 20.3. The molecule has 0 aliphatic carbocycles. The van der Waals surface area contributed by atoms with E-state index in [4.69, 9.17) is 0 Å². The standard InChI is InChI=1S/C22H22FN3O2/c1-14-11-19(15(2)26(14)13-17-7-5-4-6-8-17)22(28)25-18-9-10-20(23)21(12-18)24-16(3)27/h4-12H,13H2,1-3H3,(H,24,27)(H,25,28). The van der Waals surface area contributed by atoms with Gasteiger partial charge in [0, 0.05) is 30.5 Å². The van der Waals surface area contributed by atoms with Crippen molar-refractivity contribution in [2.24, 2.45) is 0 Å². The number of aryl methyl sites for hydroxylation is 1. The lowest BCUT2D eigenvalue weighted by atomic mass is 10.2. The third-order valence-corrected chi connectivity index (χ3v) is 4.54. The van der Waals surface area contributed by atoms with Gasteiger partial charge in [0.2, 0.25) is 5.91 Å². The summed E-state index contributed by atoms with van der Waals surface area (Å²) in [7, 11) is 0. The summed E-state index contributed by atoms with van der Waals surface area (Å²) < 4.78 is 15.9. The number of rotatable bonds is 5. The molecule has 0 fully saturated rings. The van der Waals surface area contributed by atoms with Gasteiger partial charge in [-0.15, -0.1) is 0 Å². The van der Waals surface area contributed by atoms with Gasteiger partial charge in [-0.2, -0.15) is 0 Å². The molecule has 0 unspecified atom stereocenters. The number of carbonyl (C=O) groups excluding carboxylic acids is 2. The molecule has 0 saturated heterocycles. The van der Waals surface area contributed by atoms with Crippen LogP contribution in [0.4, 0.5) is 15.8 Å². The summed E-state index contributed by atoms with van der Waals surface area (Å²) in [5, 5.41) is 5.18. The van der Waals surface area contributed by atoms with Crippen LogP contribution in [0.1, 0.15) is 34.2 Å². The second-order valence-corrected chi connectivity index (χ2v) is 6.69. The van der Waals surface area contributed by atoms with Crippen molar-refractivity contribution >= 4 is 23.2 Å². The fraction of sp³-hybridized carbons (Fsp3) is 0.182. The molecule has 0 bridgehead atoms. The van der Waals surface area contributed by atoms with Crippen molar-refractivity contribution in [3.8, 4) is 0 Å². The Kier molecular flexibility index (Phi) is 5.59. The van der Waals surface area contributed by atoms with E-state index in [1.807, 2.05) is 50.2 Å². The number of benzene rings is 2. The number of nitrogens with one attached hydrogen (secondary N) is 2. The second kappa shape index (κ2) is 8.08. The molecular formula is C22H22FN3O2. The van der Waals surface area contributed by atoms with Crippen LogP contribution in [0.25, 0.3) is 0 Å². The van der Waals surface area contributed by atoms with Gasteiger partial charge in [0.05, 0.1) is 11.3 Å². The summed E-state index contributed by atoms with van der Waals surface area (Å²) in [6.07, 6.45) is 0. The lowest BCUT2D eigenvalue weighted by Gasteiger charge is -2.11. The molecule has 2 amide bonds. The monoisotopic (exact) mass is 379 g/mol. The molecule has 28 heavy (non-hydrogen) atoms. The van der Waals surface area contributed by atoms with Gasteiger partial charge in [-0.3, -0.25) is 9.59 Å². The average Bonchev–Trinajstić information content (AvgIpc) is 2.93. The first-order valence-electron chi connectivity index (χ1n) is 8.94. The van der Waals surface area contributed by atoms with E-state index < -0.39 is 5.82 Å². The van der Waals surface area contributed by atoms with Crippen molar-refractivity contribution in [2.45, 2.75) is 27.3 Å². The minimum Gasteiger partial charge on any atom is -0.344 e. The van der Waals surface area contributed by atoms with E-state index in [1.165, 1.54) is 25.1 Å². The number of aromatic nitrogens is 1. The molecule has 3 aromatic rings. The maximum Gasteiger partial charge on any atom is 0.257 e. The normalized spacial score (nSPS) is 10.6. The van der Waals surface area contributed by atoms with Crippen LogP contribution < -0.4 is 10.6 Å². The highest BCUT2D eigenvalue weighted by Gasteiger charge is 2.17. The summed E-state index contributed by atoms with van der Waals surface area (Å²) in [4.78, 5) is 24.0. The lowest BCUT2D eigenvalue weighted by Crippen LogP contribution is -2.14. The van der Waals surface area contributed by atoms with Crippen molar-refractivity contribution in [3.05, 3.63) is 82.9 Å². The zero-order valence-corrected chi connectivity index (χ0v) is 16.0. The average molecular weight is 379 g/mol. The van der Waals surface area contributed by atoms with E-state index in [0.717, 1.165) is 17.0 Å². The Labute approximate surface area is 163 Å². The van der Waals surface area contributed by atoms with Crippen LogP contribution in [0, 0.1) is 19.7 Å². The van der Waals surface area contributed by atoms with Crippen LogP contribution in [0.2, 0.25) is 0 Å². The molecule has 1 heterocycles. The van der Waals surface area contributed by atoms with Gasteiger partial charge in [-0.1, -0.05) is 30.3 Å². The Balaban J connectivity index is 1.82. The number of hydrogen-bond acceptors (Lipinski definition) is 2. The highest BCUT2D eigenvalue weighted by Crippen LogP contribution is 2.22. The Bertz CT molecular complexity index is 1030. The third-order valence-electron chi connectivity index (χ3n) is 4.54. The highest BCUT2D eigenvalue weighted by molar-refractivity contribution is 6.05. The van der Waals surface area contributed by atoms with Crippen molar-refractivity contribution < 1.29 is 14.0 Å². The smallest absolute Gasteiger partial charge is 0.257 e. The predicted octanol–water partition coefficient (Wildman–Crippen LogP) is 4.50. The lowest BCUT2D eigenvalue weighted by molar-refractivity contribution is -0.114. The largest absolute Gasteiger partial charge is 0.344 e. The zero-order valence-electron chi connectivity index (χ0n) is 16.0. The Hall–Kier alpha value is -3.41. The minimum atomic E-state index is -0.561. The molecule has 5 nitrogen and oxygen atoms in total. The van der Waals surface area contributed by atoms with Gasteiger partial charge in [-0.25, -0.2) is 4.39 Å². The maximum atomic E-state index is 13.8. The van der Waals surface area contributed by atoms with Crippen LogP contribution in [0.15, 0.2) is 54.6 Å². The SMILES string of the molecule is CC(=O)Nc1cc(NC(=O)c2cc(C)n(Cc3ccccc3)c2C)ccc1F. The molecule has 2 N–H and O–H groups in total. The van der Waals surface area contributed by atoms with Crippen LogP contribution in [0.5, 0.6) is 0 Å². The molecule has 0 atom stereocenters. The van der Waals surface area contributed by atoms with Crippen molar-refractivity contribution in [2.75, 3.05) is 10.6 Å². The fourth-order valence-electron chi connectivity index (χ4n) is 3.13. The number of amides is 2. The molecule has 144 valence electrons. The Morgan fingerprint density at radius 3 is 2.39 bits per heavy atom. The van der Waals surface area contributed by atoms with E-state index in [2.05, 4.69) is 15.2 Å². The molecule has 3 rings (SSSR count). The fourth-order valence-corrected chi connectivity index (χ4v) is 3.13. The van der Waals surface area contributed by atoms with E-state index in [0.29, 0.717) is 17.8 Å². The first kappa shape index (κ1) is 19.4. The summed E-state index contributed by atoms with van der Waals surface area (Å²) in [5.74, 6) is -1.23. The summed E-state index contributed by atoms with van der Waals surface area (Å²) in [6.45, 7) is 5.83. The van der Waals surface area contributed by atoms with Crippen LogP contribution >= 0.6 is 0 Å². The van der Waals surface area contributed by atoms with Gasteiger partial charge in [0.25, 0.3) is 5.91 Å². The van der Waals surface area contributed by atoms with Gasteiger partial charge >= 0.3 is 0 Å². The Morgan fingerprint density at radius 2 is 1.71 bits per heavy atom. The minimum absolute atomic E-state index is 0.0276. The maximum absolute atomic E-state index is 13.8. The van der Waals surface area contributed by atoms with Gasteiger partial charge in [0.15, 0.2) is 0 Å². The summed E-state index contributed by atoms with van der Waals surface area (Å²) in [6, 6.07) is 15.9. The van der Waals surface area contributed by atoms with E-state index in [-0.39, 0.29) is 17.5 Å². The molecule has 0 radical (unpaired) electrons. The number of halogens is 1. The number of anilines is 2. The van der Waals surface area contributed by atoms with E-state index in [9.17, 15) is 14.0 Å². The van der Waals surface area contributed by atoms with Crippen LogP contribution in [0.3, 0.4) is 0 Å². The second-order valence-electron chi connectivity index (χ2n) is 6.69.